The maximum absolute atomic E-state index is 12.8. The van der Waals surface area contributed by atoms with Crippen LogP contribution in [0.15, 0.2) is 18.7 Å². The highest BCUT2D eigenvalue weighted by molar-refractivity contribution is 5.34. The van der Waals surface area contributed by atoms with Crippen LogP contribution in [0, 0.1) is 11.6 Å². The number of anilines is 1. The molecule has 5 heteroatoms. The van der Waals surface area contributed by atoms with Crippen molar-refractivity contribution in [3.8, 4) is 5.88 Å². The first-order valence-corrected chi connectivity index (χ1v) is 3.50. The van der Waals surface area contributed by atoms with Crippen LogP contribution >= 0.6 is 0 Å². The van der Waals surface area contributed by atoms with Crippen LogP contribution in [0.4, 0.5) is 14.6 Å². The Morgan fingerprint density at radius 2 is 2.23 bits per heavy atom. The fourth-order valence-electron chi connectivity index (χ4n) is 0.702. The molecule has 0 bridgehead atoms. The van der Waals surface area contributed by atoms with Gasteiger partial charge in [0.2, 0.25) is 0 Å². The second-order valence-corrected chi connectivity index (χ2v) is 2.24. The smallest absolute Gasteiger partial charge is 0.252 e. The Hall–Kier alpha value is -1.65. The Labute approximate surface area is 73.8 Å². The zero-order chi connectivity index (χ0) is 9.84. The molecule has 1 aromatic heterocycles. The van der Waals surface area contributed by atoms with E-state index < -0.39 is 11.6 Å². The van der Waals surface area contributed by atoms with E-state index in [4.69, 9.17) is 10.5 Å². The summed E-state index contributed by atoms with van der Waals surface area (Å²) in [5, 5.41) is 0. The minimum Gasteiger partial charge on any atom is -0.471 e. The molecule has 0 amide bonds. The molecule has 0 fully saturated rings. The van der Waals surface area contributed by atoms with Crippen LogP contribution < -0.4 is 10.5 Å². The van der Waals surface area contributed by atoms with Crippen molar-refractivity contribution >= 4 is 5.82 Å². The van der Waals surface area contributed by atoms with Crippen molar-refractivity contribution in [2.45, 2.75) is 0 Å². The lowest BCUT2D eigenvalue weighted by molar-refractivity contribution is 0.325. The van der Waals surface area contributed by atoms with Crippen molar-refractivity contribution in [2.75, 3.05) is 12.3 Å². The number of hydrogen-bond acceptors (Lipinski definition) is 3. The molecule has 0 radical (unpaired) electrons. The zero-order valence-corrected chi connectivity index (χ0v) is 6.76. The van der Waals surface area contributed by atoms with Crippen molar-refractivity contribution in [3.05, 3.63) is 30.4 Å². The van der Waals surface area contributed by atoms with Gasteiger partial charge in [0.25, 0.3) is 5.88 Å². The standard InChI is InChI=1S/C8H8F2N2O/c1-2-3-13-8-6(10)4-5(9)7(11)12-8/h2,4H,1,3H2,(H2,11,12). The predicted octanol–water partition coefficient (Wildman–Crippen LogP) is 1.51. The third kappa shape index (κ3) is 2.14. The minimum atomic E-state index is -0.900. The summed E-state index contributed by atoms with van der Waals surface area (Å²) in [5.74, 6) is -2.49. The quantitative estimate of drug-likeness (QED) is 0.728. The first-order chi connectivity index (χ1) is 6.15. The van der Waals surface area contributed by atoms with E-state index in [-0.39, 0.29) is 18.3 Å². The molecule has 1 rings (SSSR count). The molecule has 0 aliphatic carbocycles. The average molecular weight is 186 g/mol. The van der Waals surface area contributed by atoms with E-state index in [1.807, 2.05) is 0 Å². The highest BCUT2D eigenvalue weighted by Crippen LogP contribution is 2.18. The summed E-state index contributed by atoms with van der Waals surface area (Å²) in [7, 11) is 0. The molecule has 13 heavy (non-hydrogen) atoms. The number of halogens is 2. The molecular formula is C8H8F2N2O. The molecule has 70 valence electrons. The second-order valence-electron chi connectivity index (χ2n) is 2.24. The van der Waals surface area contributed by atoms with Crippen LogP contribution in [0.5, 0.6) is 5.88 Å². The van der Waals surface area contributed by atoms with Crippen molar-refractivity contribution in [1.82, 2.24) is 4.98 Å². The lowest BCUT2D eigenvalue weighted by Crippen LogP contribution is -2.03. The highest BCUT2D eigenvalue weighted by atomic mass is 19.1. The van der Waals surface area contributed by atoms with Crippen molar-refractivity contribution in [2.24, 2.45) is 0 Å². The van der Waals surface area contributed by atoms with Crippen LogP contribution in [0.2, 0.25) is 0 Å². The summed E-state index contributed by atoms with van der Waals surface area (Å²) >= 11 is 0. The van der Waals surface area contributed by atoms with E-state index in [1.165, 1.54) is 6.08 Å². The number of ether oxygens (including phenoxy) is 1. The maximum atomic E-state index is 12.8. The fourth-order valence-corrected chi connectivity index (χ4v) is 0.702. The van der Waals surface area contributed by atoms with Gasteiger partial charge in [-0.3, -0.25) is 0 Å². The number of nitrogens with two attached hydrogens (primary N) is 1. The average Bonchev–Trinajstić information content (AvgIpc) is 2.09. The number of pyridine rings is 1. The van der Waals surface area contributed by atoms with Gasteiger partial charge in [-0.1, -0.05) is 12.7 Å². The molecule has 1 heterocycles. The van der Waals surface area contributed by atoms with E-state index >= 15 is 0 Å². The molecular weight excluding hydrogens is 178 g/mol. The fraction of sp³-hybridized carbons (Fsp3) is 0.125. The lowest BCUT2D eigenvalue weighted by atomic mass is 10.4. The molecule has 0 spiro atoms. The van der Waals surface area contributed by atoms with Gasteiger partial charge < -0.3 is 10.5 Å². The van der Waals surface area contributed by atoms with E-state index in [1.54, 1.807) is 0 Å². The van der Waals surface area contributed by atoms with Crippen LogP contribution in [0.1, 0.15) is 0 Å². The molecule has 0 aliphatic heterocycles. The normalized spacial score (nSPS) is 9.69. The van der Waals surface area contributed by atoms with Crippen LogP contribution in [-0.2, 0) is 0 Å². The maximum Gasteiger partial charge on any atom is 0.252 e. The first-order valence-electron chi connectivity index (χ1n) is 3.50. The van der Waals surface area contributed by atoms with Gasteiger partial charge in [0.05, 0.1) is 0 Å². The van der Waals surface area contributed by atoms with Gasteiger partial charge in [-0.25, -0.2) is 8.78 Å². The summed E-state index contributed by atoms with van der Waals surface area (Å²) in [6.07, 6.45) is 1.42. The Bertz CT molecular complexity index is 328. The molecule has 0 saturated carbocycles. The first kappa shape index (κ1) is 9.44. The lowest BCUT2D eigenvalue weighted by Gasteiger charge is -2.04. The Kier molecular flexibility index (Phi) is 2.79. The minimum absolute atomic E-state index is 0.0923. The third-order valence-electron chi connectivity index (χ3n) is 1.26. The predicted molar refractivity (Wildman–Crippen MR) is 44.3 cm³/mol. The van der Waals surface area contributed by atoms with Gasteiger partial charge in [-0.15, -0.1) is 0 Å². The Balaban J connectivity index is 2.94. The SMILES string of the molecule is C=CCOc1nc(N)c(F)cc1F. The zero-order valence-electron chi connectivity index (χ0n) is 6.76. The molecule has 0 aromatic carbocycles. The molecule has 0 aliphatic rings. The number of nitrogen functional groups attached to an aromatic ring is 1. The molecule has 0 atom stereocenters. The summed E-state index contributed by atoms with van der Waals surface area (Å²) in [4.78, 5) is 3.37. The number of aromatic nitrogens is 1. The summed E-state index contributed by atoms with van der Waals surface area (Å²) in [6, 6.07) is 0.626. The van der Waals surface area contributed by atoms with Gasteiger partial charge >= 0.3 is 0 Å². The van der Waals surface area contributed by atoms with E-state index in [0.29, 0.717) is 6.07 Å². The summed E-state index contributed by atoms with van der Waals surface area (Å²) in [6.45, 7) is 3.46. The van der Waals surface area contributed by atoms with Gasteiger partial charge in [0.15, 0.2) is 17.5 Å². The number of hydrogen-bond donors (Lipinski definition) is 1. The van der Waals surface area contributed by atoms with Gasteiger partial charge in [-0.05, 0) is 0 Å². The monoisotopic (exact) mass is 186 g/mol. The summed E-state index contributed by atoms with van der Waals surface area (Å²) in [5.41, 5.74) is 5.10. The topological polar surface area (TPSA) is 48.1 Å². The van der Waals surface area contributed by atoms with Gasteiger partial charge in [-0.2, -0.15) is 4.98 Å². The molecule has 1 aromatic rings. The summed E-state index contributed by atoms with van der Waals surface area (Å²) < 4.78 is 30.2. The highest BCUT2D eigenvalue weighted by Gasteiger charge is 2.09. The van der Waals surface area contributed by atoms with Gasteiger partial charge in [0.1, 0.15) is 6.61 Å². The number of nitrogens with zero attached hydrogens (tertiary/aromatic N) is 1. The van der Waals surface area contributed by atoms with E-state index in [0.717, 1.165) is 0 Å². The largest absolute Gasteiger partial charge is 0.471 e. The van der Waals surface area contributed by atoms with Crippen LogP contribution in [0.3, 0.4) is 0 Å². The Morgan fingerprint density at radius 1 is 1.54 bits per heavy atom. The second kappa shape index (κ2) is 3.84. The molecule has 2 N–H and O–H groups in total. The van der Waals surface area contributed by atoms with Gasteiger partial charge in [0, 0.05) is 6.07 Å². The van der Waals surface area contributed by atoms with Crippen molar-refractivity contribution < 1.29 is 13.5 Å². The molecule has 0 saturated heterocycles. The van der Waals surface area contributed by atoms with Crippen molar-refractivity contribution in [1.29, 1.82) is 0 Å². The van der Waals surface area contributed by atoms with E-state index in [2.05, 4.69) is 11.6 Å². The molecule has 3 nitrogen and oxygen atoms in total. The van der Waals surface area contributed by atoms with E-state index in [9.17, 15) is 8.78 Å². The molecule has 0 unspecified atom stereocenters. The third-order valence-corrected chi connectivity index (χ3v) is 1.26. The Morgan fingerprint density at radius 3 is 2.85 bits per heavy atom. The number of rotatable bonds is 3. The van der Waals surface area contributed by atoms with Crippen LogP contribution in [0.25, 0.3) is 0 Å². The van der Waals surface area contributed by atoms with Crippen LogP contribution in [-0.4, -0.2) is 11.6 Å². The van der Waals surface area contributed by atoms with Crippen molar-refractivity contribution in [3.63, 3.8) is 0 Å².